The van der Waals surface area contributed by atoms with Gasteiger partial charge in [0, 0.05) is 13.1 Å². The lowest BCUT2D eigenvalue weighted by Crippen LogP contribution is -2.50. The second-order valence-corrected chi connectivity index (χ2v) is 8.90. The topological polar surface area (TPSA) is 66.5 Å². The lowest BCUT2D eigenvalue weighted by Gasteiger charge is -2.37. The number of nitrogens with zero attached hydrogens (tertiary/aromatic N) is 1. The van der Waals surface area contributed by atoms with Gasteiger partial charge >= 0.3 is 0 Å². The number of carbonyl (C=O) groups is 1. The maximum atomic E-state index is 12.9. The molecule has 128 valence electrons. The predicted octanol–water partition coefficient (Wildman–Crippen LogP) is 1.81. The Kier molecular flexibility index (Phi) is 5.16. The van der Waals surface area contributed by atoms with Crippen molar-refractivity contribution >= 4 is 15.9 Å². The van der Waals surface area contributed by atoms with Gasteiger partial charge in [-0.1, -0.05) is 29.8 Å². The van der Waals surface area contributed by atoms with Gasteiger partial charge < -0.3 is 4.90 Å². The molecule has 0 saturated carbocycles. The molecule has 0 radical (unpaired) electrons. The Balaban J connectivity index is 2.08. The van der Waals surface area contributed by atoms with E-state index in [2.05, 4.69) is 4.72 Å². The van der Waals surface area contributed by atoms with Gasteiger partial charge in [0.2, 0.25) is 15.9 Å². The molecule has 0 bridgehead atoms. The first-order chi connectivity index (χ1) is 10.7. The van der Waals surface area contributed by atoms with Gasteiger partial charge in [0.05, 0.1) is 10.7 Å². The van der Waals surface area contributed by atoms with Crippen LogP contribution in [0.1, 0.15) is 37.8 Å². The fraction of sp³-hybridized carbons (Fsp3) is 0.588. The highest BCUT2D eigenvalue weighted by Crippen LogP contribution is 2.28. The molecule has 0 aliphatic carbocycles. The maximum Gasteiger partial charge on any atom is 0.232 e. The molecular weight excluding hydrogens is 312 g/mol. The Labute approximate surface area is 139 Å². The van der Waals surface area contributed by atoms with Gasteiger partial charge in [-0.2, -0.15) is 0 Å². The Morgan fingerprint density at radius 1 is 1.17 bits per heavy atom. The van der Waals surface area contributed by atoms with Gasteiger partial charge in [0.25, 0.3) is 0 Å². The van der Waals surface area contributed by atoms with Crippen molar-refractivity contribution in [1.29, 1.82) is 0 Å². The largest absolute Gasteiger partial charge is 0.342 e. The Morgan fingerprint density at radius 3 is 2.17 bits per heavy atom. The van der Waals surface area contributed by atoms with Gasteiger partial charge in [-0.3, -0.25) is 4.79 Å². The second kappa shape index (κ2) is 6.61. The Hall–Kier alpha value is -1.40. The van der Waals surface area contributed by atoms with E-state index in [0.717, 1.165) is 11.1 Å². The zero-order valence-electron chi connectivity index (χ0n) is 14.3. The summed E-state index contributed by atoms with van der Waals surface area (Å²) in [5.74, 6) is 0.0571. The molecule has 1 N–H and O–H groups in total. The first kappa shape index (κ1) is 17.9. The third-order valence-electron chi connectivity index (χ3n) is 4.76. The molecule has 0 atom stereocenters. The zero-order valence-corrected chi connectivity index (χ0v) is 15.1. The second-order valence-electron chi connectivity index (χ2n) is 6.73. The lowest BCUT2D eigenvalue weighted by molar-refractivity contribution is -0.137. The van der Waals surface area contributed by atoms with Crippen molar-refractivity contribution in [3.8, 4) is 0 Å². The maximum absolute atomic E-state index is 12.9. The number of nitrogens with one attached hydrogen (secondary N) is 1. The SMILES string of the molecule is CNS(=O)(=O)C1CCN(C(=O)C(C)(C)c2ccc(C)cc2)CC1. The summed E-state index contributed by atoms with van der Waals surface area (Å²) in [6, 6.07) is 8.00. The molecule has 6 heteroatoms. The van der Waals surface area contributed by atoms with Crippen LogP contribution < -0.4 is 4.72 Å². The van der Waals surface area contributed by atoms with Crippen LogP contribution in [0.4, 0.5) is 0 Å². The third-order valence-corrected chi connectivity index (χ3v) is 6.68. The monoisotopic (exact) mass is 338 g/mol. The van der Waals surface area contributed by atoms with Gasteiger partial charge in [-0.25, -0.2) is 13.1 Å². The number of amides is 1. The zero-order chi connectivity index (χ0) is 17.3. The molecule has 1 fully saturated rings. The molecule has 1 aromatic rings. The normalized spacial score (nSPS) is 17.3. The van der Waals surface area contributed by atoms with Crippen molar-refractivity contribution < 1.29 is 13.2 Å². The molecule has 1 aliphatic heterocycles. The third kappa shape index (κ3) is 3.75. The molecule has 23 heavy (non-hydrogen) atoms. The minimum atomic E-state index is -3.25. The van der Waals surface area contributed by atoms with Crippen LogP contribution in [-0.4, -0.2) is 44.6 Å². The van der Waals surface area contributed by atoms with Crippen LogP contribution in [0.3, 0.4) is 0 Å². The average Bonchev–Trinajstić information content (AvgIpc) is 2.54. The summed E-state index contributed by atoms with van der Waals surface area (Å²) in [7, 11) is -1.81. The Morgan fingerprint density at radius 2 is 1.70 bits per heavy atom. The van der Waals surface area contributed by atoms with Crippen LogP contribution in [0.2, 0.25) is 0 Å². The van der Waals surface area contributed by atoms with Crippen LogP contribution in [0, 0.1) is 6.92 Å². The van der Waals surface area contributed by atoms with Gasteiger partial charge in [-0.05, 0) is 46.2 Å². The van der Waals surface area contributed by atoms with Crippen molar-refractivity contribution in [3.63, 3.8) is 0 Å². The highest BCUT2D eigenvalue weighted by Gasteiger charge is 2.37. The fourth-order valence-corrected chi connectivity index (χ4v) is 4.19. The molecule has 5 nitrogen and oxygen atoms in total. The number of hydrogen-bond donors (Lipinski definition) is 1. The van der Waals surface area contributed by atoms with E-state index in [1.807, 2.05) is 45.0 Å². The van der Waals surface area contributed by atoms with Crippen molar-refractivity contribution in [2.45, 2.75) is 44.3 Å². The summed E-state index contributed by atoms with van der Waals surface area (Å²) in [6.07, 6.45) is 0.970. The van der Waals surface area contributed by atoms with Crippen LogP contribution in [0.15, 0.2) is 24.3 Å². The van der Waals surface area contributed by atoms with E-state index >= 15 is 0 Å². The number of hydrogen-bond acceptors (Lipinski definition) is 3. The number of piperidine rings is 1. The number of sulfonamides is 1. The summed E-state index contributed by atoms with van der Waals surface area (Å²) < 4.78 is 26.1. The summed E-state index contributed by atoms with van der Waals surface area (Å²) in [4.78, 5) is 14.7. The van der Waals surface area contributed by atoms with Crippen LogP contribution in [-0.2, 0) is 20.2 Å². The summed E-state index contributed by atoms with van der Waals surface area (Å²) >= 11 is 0. The molecule has 1 amide bonds. The molecule has 0 aromatic heterocycles. The van der Waals surface area contributed by atoms with Crippen molar-refractivity contribution in [3.05, 3.63) is 35.4 Å². The molecule has 1 heterocycles. The van der Waals surface area contributed by atoms with Crippen LogP contribution in [0.25, 0.3) is 0 Å². The average molecular weight is 338 g/mol. The smallest absolute Gasteiger partial charge is 0.232 e. The quantitative estimate of drug-likeness (QED) is 0.910. The van der Waals surface area contributed by atoms with Crippen molar-refractivity contribution in [1.82, 2.24) is 9.62 Å². The predicted molar refractivity (Wildman–Crippen MR) is 91.8 cm³/mol. The molecule has 1 aliphatic rings. The number of carbonyl (C=O) groups excluding carboxylic acids is 1. The van der Waals surface area contributed by atoms with E-state index < -0.39 is 20.7 Å². The van der Waals surface area contributed by atoms with E-state index in [0.29, 0.717) is 25.9 Å². The van der Waals surface area contributed by atoms with Crippen molar-refractivity contribution in [2.24, 2.45) is 0 Å². The van der Waals surface area contributed by atoms with E-state index in [-0.39, 0.29) is 5.91 Å². The van der Waals surface area contributed by atoms with Crippen LogP contribution >= 0.6 is 0 Å². The fourth-order valence-electron chi connectivity index (χ4n) is 3.02. The minimum Gasteiger partial charge on any atom is -0.342 e. The first-order valence-corrected chi connectivity index (χ1v) is 9.52. The molecular formula is C17H26N2O3S. The standard InChI is InChI=1S/C17H26N2O3S/c1-13-5-7-14(8-6-13)17(2,3)16(20)19-11-9-15(10-12-19)23(21,22)18-4/h5-8,15,18H,9-12H2,1-4H3. The molecule has 0 spiro atoms. The van der Waals surface area contributed by atoms with E-state index in [9.17, 15) is 13.2 Å². The summed E-state index contributed by atoms with van der Waals surface area (Å²) in [6.45, 7) is 6.85. The van der Waals surface area contributed by atoms with Crippen LogP contribution in [0.5, 0.6) is 0 Å². The lowest BCUT2D eigenvalue weighted by atomic mass is 9.82. The molecule has 0 unspecified atom stereocenters. The highest BCUT2D eigenvalue weighted by atomic mass is 32.2. The van der Waals surface area contributed by atoms with E-state index in [1.165, 1.54) is 7.05 Å². The van der Waals surface area contributed by atoms with Gasteiger partial charge in [0.1, 0.15) is 0 Å². The number of benzene rings is 1. The first-order valence-electron chi connectivity index (χ1n) is 7.97. The van der Waals surface area contributed by atoms with Gasteiger partial charge in [0.15, 0.2) is 0 Å². The molecule has 1 aromatic carbocycles. The molecule has 2 rings (SSSR count). The number of aryl methyl sites for hydroxylation is 1. The Bertz CT molecular complexity index is 658. The number of likely N-dealkylation sites (tertiary alicyclic amines) is 1. The number of rotatable bonds is 4. The van der Waals surface area contributed by atoms with Gasteiger partial charge in [-0.15, -0.1) is 0 Å². The minimum absolute atomic E-state index is 0.0571. The molecule has 1 saturated heterocycles. The van der Waals surface area contributed by atoms with E-state index in [1.54, 1.807) is 4.90 Å². The van der Waals surface area contributed by atoms with E-state index in [4.69, 9.17) is 0 Å². The highest BCUT2D eigenvalue weighted by molar-refractivity contribution is 7.90. The summed E-state index contributed by atoms with van der Waals surface area (Å²) in [5, 5.41) is -0.404. The summed E-state index contributed by atoms with van der Waals surface area (Å²) in [5.41, 5.74) is 1.54. The van der Waals surface area contributed by atoms with Crippen molar-refractivity contribution in [2.75, 3.05) is 20.1 Å².